The lowest BCUT2D eigenvalue weighted by atomic mass is 9.94. The molecule has 1 aromatic carbocycles. The molecule has 0 saturated carbocycles. The lowest BCUT2D eigenvalue weighted by Gasteiger charge is -2.42. The van der Waals surface area contributed by atoms with Gasteiger partial charge in [0.15, 0.2) is 10.9 Å². The van der Waals surface area contributed by atoms with E-state index in [0.717, 1.165) is 46.3 Å². The predicted molar refractivity (Wildman–Crippen MR) is 110 cm³/mol. The van der Waals surface area contributed by atoms with E-state index in [-0.39, 0.29) is 5.75 Å². The van der Waals surface area contributed by atoms with Gasteiger partial charge in [0, 0.05) is 42.3 Å². The number of rotatable bonds is 5. The molecule has 2 aliphatic rings. The zero-order valence-electron chi connectivity index (χ0n) is 15.5. The van der Waals surface area contributed by atoms with Crippen LogP contribution in [0.2, 0.25) is 0 Å². The van der Waals surface area contributed by atoms with Crippen LogP contribution in [0.15, 0.2) is 23.7 Å². The molecule has 2 N–H and O–H groups in total. The van der Waals surface area contributed by atoms with Gasteiger partial charge >= 0.3 is 6.11 Å². The Morgan fingerprint density at radius 2 is 2.07 bits per heavy atom. The molecule has 2 fully saturated rings. The molecule has 2 saturated heterocycles. The van der Waals surface area contributed by atoms with Crippen LogP contribution < -0.4 is 15.0 Å². The van der Waals surface area contributed by atoms with Crippen molar-refractivity contribution < 1.29 is 18.6 Å². The third-order valence-electron chi connectivity index (χ3n) is 5.33. The smallest absolute Gasteiger partial charge is 0.421 e. The number of nitrogens with one attached hydrogen (secondary N) is 1. The van der Waals surface area contributed by atoms with Crippen molar-refractivity contribution in [2.45, 2.75) is 37.5 Å². The molecule has 0 aliphatic carbocycles. The number of piperazine rings is 1. The normalized spacial score (nSPS) is 22.2. The number of hydrogen-bond donors (Lipinski definition) is 2. The highest BCUT2D eigenvalue weighted by molar-refractivity contribution is 7.23. The van der Waals surface area contributed by atoms with Crippen molar-refractivity contribution in [1.82, 2.24) is 15.3 Å². The summed E-state index contributed by atoms with van der Waals surface area (Å²) in [7, 11) is 0. The summed E-state index contributed by atoms with van der Waals surface area (Å²) < 4.78 is 33.1. The van der Waals surface area contributed by atoms with E-state index in [2.05, 4.69) is 15.2 Å². The molecule has 0 radical (unpaired) electrons. The van der Waals surface area contributed by atoms with Crippen LogP contribution in [0, 0.1) is 0 Å². The van der Waals surface area contributed by atoms with Gasteiger partial charge in [-0.15, -0.1) is 11.3 Å². The van der Waals surface area contributed by atoms with Gasteiger partial charge in [0.1, 0.15) is 17.1 Å². The number of aliphatic hydroxyl groups is 1. The van der Waals surface area contributed by atoms with Crippen LogP contribution in [0.3, 0.4) is 0 Å². The Morgan fingerprint density at radius 1 is 1.28 bits per heavy atom. The molecule has 154 valence electrons. The van der Waals surface area contributed by atoms with Crippen molar-refractivity contribution in [3.63, 3.8) is 0 Å². The molecule has 2 bridgehead atoms. The van der Waals surface area contributed by atoms with Gasteiger partial charge in [-0.2, -0.15) is 8.78 Å². The highest BCUT2D eigenvalue weighted by Crippen LogP contribution is 2.43. The zero-order chi connectivity index (χ0) is 20.0. The second-order valence-electron chi connectivity index (χ2n) is 7.42. The highest BCUT2D eigenvalue weighted by atomic mass is 32.1. The molecule has 3 aromatic rings. The summed E-state index contributed by atoms with van der Waals surface area (Å²) in [4.78, 5) is 11.3. The third kappa shape index (κ3) is 3.70. The lowest BCUT2D eigenvalue weighted by molar-refractivity contribution is -0.200. The Bertz CT molecular complexity index is 999. The number of thiazole rings is 2. The quantitative estimate of drug-likeness (QED) is 0.633. The molecule has 0 amide bonds. The Kier molecular flexibility index (Phi) is 4.89. The number of nitrogens with zero attached hydrogens (tertiary/aromatic N) is 3. The monoisotopic (exact) mass is 438 g/mol. The molecule has 2 aromatic heterocycles. The highest BCUT2D eigenvalue weighted by Gasteiger charge is 2.34. The van der Waals surface area contributed by atoms with Crippen molar-refractivity contribution in [1.29, 1.82) is 0 Å². The van der Waals surface area contributed by atoms with Crippen LogP contribution in [0.25, 0.3) is 20.8 Å². The van der Waals surface area contributed by atoms with Gasteiger partial charge < -0.3 is 20.1 Å². The van der Waals surface area contributed by atoms with Crippen LogP contribution in [0.4, 0.5) is 13.9 Å². The van der Waals surface area contributed by atoms with Gasteiger partial charge in [-0.05, 0) is 25.0 Å². The predicted octanol–water partition coefficient (Wildman–Crippen LogP) is 3.71. The Balaban J connectivity index is 1.58. The minimum Gasteiger partial charge on any atom is -0.428 e. The van der Waals surface area contributed by atoms with E-state index in [1.807, 2.05) is 5.38 Å². The second-order valence-corrected chi connectivity index (χ2v) is 9.29. The van der Waals surface area contributed by atoms with E-state index in [1.54, 1.807) is 12.3 Å². The average Bonchev–Trinajstić information content (AvgIpc) is 3.38. The standard InChI is InChI=1S/C19H20F2N4O2S2/c20-19(21,10-26)27-14-5-4-13(17-22-6-7-28-17)16-15(14)24-18(29-16)25-8-11-2-1-3-12(9-25)23-11/h4-7,11-12,23,26H,1-3,8-10H2. The summed E-state index contributed by atoms with van der Waals surface area (Å²) >= 11 is 2.97. The van der Waals surface area contributed by atoms with Crippen LogP contribution in [-0.4, -0.2) is 53.0 Å². The van der Waals surface area contributed by atoms with E-state index in [0.29, 0.717) is 17.6 Å². The number of fused-ring (bicyclic) bond motifs is 3. The summed E-state index contributed by atoms with van der Waals surface area (Å²) in [5, 5.41) is 16.1. The van der Waals surface area contributed by atoms with Gasteiger partial charge in [0.05, 0.1) is 4.70 Å². The van der Waals surface area contributed by atoms with Gasteiger partial charge in [-0.25, -0.2) is 9.97 Å². The van der Waals surface area contributed by atoms with E-state index in [1.165, 1.54) is 35.2 Å². The maximum absolute atomic E-state index is 13.7. The van der Waals surface area contributed by atoms with Gasteiger partial charge in [0.2, 0.25) is 0 Å². The Morgan fingerprint density at radius 3 is 2.76 bits per heavy atom. The minimum atomic E-state index is -3.66. The summed E-state index contributed by atoms with van der Waals surface area (Å²) in [6.07, 6.45) is 1.57. The van der Waals surface area contributed by atoms with E-state index in [9.17, 15) is 8.78 Å². The van der Waals surface area contributed by atoms with Gasteiger partial charge in [-0.3, -0.25) is 0 Å². The molecule has 10 heteroatoms. The number of aliphatic hydroxyl groups excluding tert-OH is 1. The van der Waals surface area contributed by atoms with E-state index in [4.69, 9.17) is 14.8 Å². The van der Waals surface area contributed by atoms with E-state index < -0.39 is 12.7 Å². The first kappa shape index (κ1) is 19.1. The molecule has 2 unspecified atom stereocenters. The van der Waals surface area contributed by atoms with Crippen molar-refractivity contribution in [2.75, 3.05) is 24.6 Å². The Hall–Kier alpha value is -1.88. The fraction of sp³-hybridized carbons (Fsp3) is 0.474. The number of alkyl halides is 2. The molecule has 4 heterocycles. The number of aromatic nitrogens is 2. The van der Waals surface area contributed by atoms with Crippen LogP contribution in [0.1, 0.15) is 19.3 Å². The number of hydrogen-bond acceptors (Lipinski definition) is 8. The fourth-order valence-electron chi connectivity index (χ4n) is 4.07. The summed E-state index contributed by atoms with van der Waals surface area (Å²) in [5.41, 5.74) is 1.24. The van der Waals surface area contributed by atoms with Crippen molar-refractivity contribution in [3.05, 3.63) is 23.7 Å². The summed E-state index contributed by atoms with van der Waals surface area (Å²) in [6.45, 7) is 0.318. The molecule has 5 rings (SSSR count). The van der Waals surface area contributed by atoms with Crippen molar-refractivity contribution in [2.24, 2.45) is 0 Å². The van der Waals surface area contributed by atoms with Crippen molar-refractivity contribution >= 4 is 38.0 Å². The molecule has 29 heavy (non-hydrogen) atoms. The largest absolute Gasteiger partial charge is 0.428 e. The fourth-order valence-corrected chi connectivity index (χ4v) is 5.92. The summed E-state index contributed by atoms with van der Waals surface area (Å²) in [5.74, 6) is -0.0304. The molecule has 2 atom stereocenters. The molecule has 6 nitrogen and oxygen atoms in total. The molecular weight excluding hydrogens is 418 g/mol. The van der Waals surface area contributed by atoms with Gasteiger partial charge in [0.25, 0.3) is 0 Å². The molecule has 0 spiro atoms. The van der Waals surface area contributed by atoms with Crippen LogP contribution in [0.5, 0.6) is 5.75 Å². The lowest BCUT2D eigenvalue weighted by Crippen LogP contribution is -2.58. The summed E-state index contributed by atoms with van der Waals surface area (Å²) in [6, 6.07) is 4.08. The van der Waals surface area contributed by atoms with Gasteiger partial charge in [-0.1, -0.05) is 17.8 Å². The first-order valence-electron chi connectivity index (χ1n) is 9.54. The first-order chi connectivity index (χ1) is 14.0. The minimum absolute atomic E-state index is 0.0304. The zero-order valence-corrected chi connectivity index (χ0v) is 17.1. The van der Waals surface area contributed by atoms with E-state index >= 15 is 0 Å². The van der Waals surface area contributed by atoms with Crippen molar-refractivity contribution in [3.8, 4) is 16.3 Å². The number of anilines is 1. The molecule has 2 aliphatic heterocycles. The van der Waals surface area contributed by atoms with Crippen LogP contribution in [-0.2, 0) is 0 Å². The second kappa shape index (κ2) is 7.42. The Labute approximate surface area is 174 Å². The topological polar surface area (TPSA) is 70.5 Å². The number of benzene rings is 1. The third-order valence-corrected chi connectivity index (χ3v) is 7.29. The number of piperidine rings is 1. The maximum atomic E-state index is 13.7. The average molecular weight is 439 g/mol. The number of halogens is 2. The maximum Gasteiger partial charge on any atom is 0.421 e. The SMILES string of the molecule is OCC(F)(F)Oc1ccc(-c2nccs2)c2sc(N3CC4CCCC(C3)N4)nc12. The molecular formula is C19H20F2N4O2S2. The number of ether oxygens (including phenoxy) is 1. The van der Waals surface area contributed by atoms with Crippen LogP contribution >= 0.6 is 22.7 Å². The first-order valence-corrected chi connectivity index (χ1v) is 11.2.